The molecule has 1 rings (SSSR count). The van der Waals surface area contributed by atoms with Gasteiger partial charge in [0.25, 0.3) is 0 Å². The Hall–Kier alpha value is -2.57. The van der Waals surface area contributed by atoms with Gasteiger partial charge in [-0.2, -0.15) is 0 Å². The third-order valence-corrected chi connectivity index (χ3v) is 2.70. The first-order valence-electron chi connectivity index (χ1n) is 6.70. The molecule has 0 saturated heterocycles. The Morgan fingerprint density at radius 2 is 1.86 bits per heavy atom. The summed E-state index contributed by atoms with van der Waals surface area (Å²) in [5, 5.41) is 11.5. The number of nitrogens with two attached hydrogens (primary N) is 1. The molecule has 0 aromatic heterocycles. The second kappa shape index (κ2) is 6.93. The van der Waals surface area contributed by atoms with Crippen molar-refractivity contribution in [1.82, 2.24) is 5.32 Å². The molecule has 7 heteroatoms. The van der Waals surface area contributed by atoms with Gasteiger partial charge < -0.3 is 20.9 Å². The lowest BCUT2D eigenvalue weighted by Gasteiger charge is -2.22. The monoisotopic (exact) mass is 308 g/mol. The third kappa shape index (κ3) is 5.43. The minimum Gasteiger partial charge on any atom is -0.480 e. The molecule has 0 saturated carbocycles. The van der Waals surface area contributed by atoms with Gasteiger partial charge in [-0.25, -0.2) is 9.59 Å². The van der Waals surface area contributed by atoms with E-state index in [1.807, 2.05) is 0 Å². The molecule has 1 aromatic carbocycles. The summed E-state index contributed by atoms with van der Waals surface area (Å²) < 4.78 is 5.03. The van der Waals surface area contributed by atoms with Crippen LogP contribution in [0.2, 0.25) is 0 Å². The number of rotatable bonds is 5. The molecule has 0 heterocycles. The number of carbonyl (C=O) groups excluding carboxylic acids is 2. The predicted octanol–water partition coefficient (Wildman–Crippen LogP) is 1.31. The molecule has 1 aromatic rings. The van der Waals surface area contributed by atoms with Crippen LogP contribution in [0.3, 0.4) is 0 Å². The van der Waals surface area contributed by atoms with Crippen molar-refractivity contribution in [3.05, 3.63) is 35.4 Å². The van der Waals surface area contributed by atoms with E-state index in [1.54, 1.807) is 39.0 Å². The number of ether oxygens (including phenoxy) is 1. The molecule has 1 atom stereocenters. The fourth-order valence-corrected chi connectivity index (χ4v) is 1.81. The van der Waals surface area contributed by atoms with E-state index >= 15 is 0 Å². The molecule has 0 aliphatic carbocycles. The van der Waals surface area contributed by atoms with E-state index in [2.05, 4.69) is 5.32 Å². The van der Waals surface area contributed by atoms with Crippen molar-refractivity contribution in [2.24, 2.45) is 5.73 Å². The molecule has 0 fully saturated rings. The van der Waals surface area contributed by atoms with Crippen molar-refractivity contribution in [2.75, 3.05) is 0 Å². The zero-order valence-corrected chi connectivity index (χ0v) is 12.8. The van der Waals surface area contributed by atoms with Gasteiger partial charge in [-0.15, -0.1) is 0 Å². The average Bonchev–Trinajstić information content (AvgIpc) is 2.35. The van der Waals surface area contributed by atoms with Crippen molar-refractivity contribution in [3.8, 4) is 0 Å². The molecule has 0 unspecified atom stereocenters. The molecule has 120 valence electrons. The van der Waals surface area contributed by atoms with Gasteiger partial charge >= 0.3 is 12.1 Å². The zero-order valence-electron chi connectivity index (χ0n) is 12.8. The Labute approximate surface area is 128 Å². The van der Waals surface area contributed by atoms with Crippen molar-refractivity contribution in [2.45, 2.75) is 38.8 Å². The van der Waals surface area contributed by atoms with Crippen LogP contribution in [0.5, 0.6) is 0 Å². The first kappa shape index (κ1) is 17.5. The Morgan fingerprint density at radius 1 is 1.27 bits per heavy atom. The second-order valence-electron chi connectivity index (χ2n) is 5.76. The van der Waals surface area contributed by atoms with E-state index in [1.165, 1.54) is 6.07 Å². The molecule has 22 heavy (non-hydrogen) atoms. The Bertz CT molecular complexity index is 578. The van der Waals surface area contributed by atoms with E-state index in [4.69, 9.17) is 10.5 Å². The highest BCUT2D eigenvalue weighted by atomic mass is 16.6. The second-order valence-corrected chi connectivity index (χ2v) is 5.76. The van der Waals surface area contributed by atoms with Crippen LogP contribution in [0.1, 0.15) is 36.7 Å². The standard InChI is InChI=1S/C15H20N2O5/c1-15(2,3)22-14(21)17-11(13(19)20)8-9-6-4-5-7-10(9)12(16)18/h4-7,11H,8H2,1-3H3,(H2,16,18)(H,17,21)(H,19,20)/t11-/m0/s1. The average molecular weight is 308 g/mol. The van der Waals surface area contributed by atoms with Crippen LogP contribution in [0.15, 0.2) is 24.3 Å². The Balaban J connectivity index is 2.88. The van der Waals surface area contributed by atoms with E-state index in [0.29, 0.717) is 5.56 Å². The van der Waals surface area contributed by atoms with E-state index in [0.717, 1.165) is 0 Å². The van der Waals surface area contributed by atoms with Crippen LogP contribution in [0.4, 0.5) is 4.79 Å². The number of nitrogens with one attached hydrogen (secondary N) is 1. The van der Waals surface area contributed by atoms with E-state index in [-0.39, 0.29) is 12.0 Å². The normalized spacial score (nSPS) is 12.3. The molecule has 4 N–H and O–H groups in total. The molecule has 7 nitrogen and oxygen atoms in total. The maximum Gasteiger partial charge on any atom is 0.408 e. The lowest BCUT2D eigenvalue weighted by atomic mass is 10.00. The number of alkyl carbamates (subject to hydrolysis) is 1. The lowest BCUT2D eigenvalue weighted by Crippen LogP contribution is -2.44. The molecular formula is C15H20N2O5. The van der Waals surface area contributed by atoms with Gasteiger partial charge in [0.05, 0.1) is 0 Å². The van der Waals surface area contributed by atoms with Gasteiger partial charge in [0, 0.05) is 12.0 Å². The van der Waals surface area contributed by atoms with Crippen LogP contribution < -0.4 is 11.1 Å². The number of hydrogen-bond acceptors (Lipinski definition) is 4. The predicted molar refractivity (Wildman–Crippen MR) is 79.5 cm³/mol. The van der Waals surface area contributed by atoms with Crippen LogP contribution in [-0.4, -0.2) is 34.7 Å². The molecule has 0 spiro atoms. The van der Waals surface area contributed by atoms with Gasteiger partial charge in [0.2, 0.25) is 5.91 Å². The molecule has 0 bridgehead atoms. The minimum absolute atomic E-state index is 0.0757. The van der Waals surface area contributed by atoms with Gasteiger partial charge in [0.15, 0.2) is 0 Å². The van der Waals surface area contributed by atoms with E-state index in [9.17, 15) is 19.5 Å². The number of benzene rings is 1. The summed E-state index contributed by atoms with van der Waals surface area (Å²) in [6.45, 7) is 5.01. The van der Waals surface area contributed by atoms with Crippen LogP contribution >= 0.6 is 0 Å². The van der Waals surface area contributed by atoms with Crippen molar-refractivity contribution < 1.29 is 24.2 Å². The summed E-state index contributed by atoms with van der Waals surface area (Å²) >= 11 is 0. The fourth-order valence-electron chi connectivity index (χ4n) is 1.81. The molecule has 0 radical (unpaired) electrons. The highest BCUT2D eigenvalue weighted by Crippen LogP contribution is 2.12. The lowest BCUT2D eigenvalue weighted by molar-refractivity contribution is -0.139. The molecule has 0 aliphatic rings. The molecule has 0 aliphatic heterocycles. The van der Waals surface area contributed by atoms with Gasteiger partial charge in [-0.1, -0.05) is 18.2 Å². The highest BCUT2D eigenvalue weighted by molar-refractivity contribution is 5.94. The van der Waals surface area contributed by atoms with Crippen LogP contribution in [-0.2, 0) is 16.0 Å². The third-order valence-electron chi connectivity index (χ3n) is 2.70. The fraction of sp³-hybridized carbons (Fsp3) is 0.400. The summed E-state index contributed by atoms with van der Waals surface area (Å²) in [7, 11) is 0. The number of carbonyl (C=O) groups is 3. The summed E-state index contributed by atoms with van der Waals surface area (Å²) in [6, 6.07) is 5.15. The maximum absolute atomic E-state index is 11.7. The van der Waals surface area contributed by atoms with Crippen LogP contribution in [0.25, 0.3) is 0 Å². The van der Waals surface area contributed by atoms with Crippen LogP contribution in [0, 0.1) is 0 Å². The van der Waals surface area contributed by atoms with Crippen molar-refractivity contribution >= 4 is 18.0 Å². The number of primary amides is 1. The summed E-state index contributed by atoms with van der Waals surface area (Å²) in [4.78, 5) is 34.3. The summed E-state index contributed by atoms with van der Waals surface area (Å²) in [5.74, 6) is -1.89. The quantitative estimate of drug-likeness (QED) is 0.757. The number of amides is 2. The Morgan fingerprint density at radius 3 is 2.36 bits per heavy atom. The van der Waals surface area contributed by atoms with E-state index < -0.39 is 29.6 Å². The molecular weight excluding hydrogens is 288 g/mol. The smallest absolute Gasteiger partial charge is 0.408 e. The SMILES string of the molecule is CC(C)(C)OC(=O)N[C@@H](Cc1ccccc1C(N)=O)C(=O)O. The largest absolute Gasteiger partial charge is 0.480 e. The van der Waals surface area contributed by atoms with Crippen molar-refractivity contribution in [1.29, 1.82) is 0 Å². The van der Waals surface area contributed by atoms with Gasteiger partial charge in [-0.3, -0.25) is 4.79 Å². The van der Waals surface area contributed by atoms with Crippen molar-refractivity contribution in [3.63, 3.8) is 0 Å². The zero-order chi connectivity index (χ0) is 16.9. The number of aliphatic carboxylic acids is 1. The van der Waals surface area contributed by atoms with Gasteiger partial charge in [-0.05, 0) is 32.4 Å². The first-order valence-corrected chi connectivity index (χ1v) is 6.70. The summed E-state index contributed by atoms with van der Waals surface area (Å²) in [6.07, 6.45) is -0.912. The topological polar surface area (TPSA) is 119 Å². The maximum atomic E-state index is 11.7. The Kier molecular flexibility index (Phi) is 5.50. The van der Waals surface area contributed by atoms with Gasteiger partial charge in [0.1, 0.15) is 11.6 Å². The number of carboxylic acid groups (broad SMARTS) is 1. The number of hydrogen-bond donors (Lipinski definition) is 3. The molecule has 2 amide bonds. The number of carboxylic acids is 1. The first-order chi connectivity index (χ1) is 10.1. The summed E-state index contributed by atoms with van der Waals surface area (Å²) in [5.41, 5.74) is 5.18. The minimum atomic E-state index is -1.23. The highest BCUT2D eigenvalue weighted by Gasteiger charge is 2.25.